The summed E-state index contributed by atoms with van der Waals surface area (Å²) in [5.74, 6) is 0.152. The van der Waals surface area contributed by atoms with E-state index in [4.69, 9.17) is 4.74 Å². The van der Waals surface area contributed by atoms with Crippen LogP contribution in [0.4, 0.5) is 0 Å². The van der Waals surface area contributed by atoms with Crippen molar-refractivity contribution < 1.29 is 14.3 Å². The molecule has 0 fully saturated rings. The Labute approximate surface area is 147 Å². The fourth-order valence-corrected chi connectivity index (χ4v) is 2.87. The van der Waals surface area contributed by atoms with Gasteiger partial charge in [-0.1, -0.05) is 35.8 Å². The van der Waals surface area contributed by atoms with Gasteiger partial charge < -0.3 is 4.74 Å². The van der Waals surface area contributed by atoms with Crippen molar-refractivity contribution >= 4 is 39.1 Å². The van der Waals surface area contributed by atoms with Gasteiger partial charge in [0, 0.05) is 4.47 Å². The third-order valence-corrected chi connectivity index (χ3v) is 4.37. The molecule has 0 saturated heterocycles. The van der Waals surface area contributed by atoms with Gasteiger partial charge in [-0.2, -0.15) is 0 Å². The highest BCUT2D eigenvalue weighted by Gasteiger charge is 2.12. The topological polar surface area (TPSA) is 67.4 Å². The van der Waals surface area contributed by atoms with Gasteiger partial charge in [0.15, 0.2) is 6.61 Å². The van der Waals surface area contributed by atoms with Gasteiger partial charge in [-0.3, -0.25) is 20.4 Å². The van der Waals surface area contributed by atoms with E-state index in [1.54, 1.807) is 17.5 Å². The molecular weight excluding hydrogens is 380 g/mol. The molecule has 23 heavy (non-hydrogen) atoms. The van der Waals surface area contributed by atoms with E-state index in [2.05, 4.69) is 40.6 Å². The average Bonchev–Trinajstić information content (AvgIpc) is 3.05. The van der Waals surface area contributed by atoms with Crippen LogP contribution in [0.2, 0.25) is 0 Å². The Morgan fingerprint density at radius 2 is 2.04 bits per heavy atom. The van der Waals surface area contributed by atoms with E-state index in [9.17, 15) is 9.59 Å². The molecule has 2 aromatic rings. The number of hydrogen-bond acceptors (Lipinski definition) is 4. The number of amides is 2. The van der Waals surface area contributed by atoms with Gasteiger partial charge >= 0.3 is 0 Å². The van der Waals surface area contributed by atoms with Crippen molar-refractivity contribution in [2.45, 2.75) is 19.8 Å². The minimum atomic E-state index is -0.424. The van der Waals surface area contributed by atoms with Crippen molar-refractivity contribution in [1.29, 1.82) is 0 Å². The van der Waals surface area contributed by atoms with Crippen LogP contribution in [0, 0.1) is 0 Å². The van der Waals surface area contributed by atoms with E-state index in [1.807, 2.05) is 18.2 Å². The first-order valence-electron chi connectivity index (χ1n) is 7.02. The number of thiophene rings is 1. The molecule has 7 heteroatoms. The first-order valence-corrected chi connectivity index (χ1v) is 8.69. The van der Waals surface area contributed by atoms with E-state index in [0.717, 1.165) is 10.0 Å². The van der Waals surface area contributed by atoms with Crippen LogP contribution in [-0.4, -0.2) is 18.4 Å². The lowest BCUT2D eigenvalue weighted by atomic mass is 10.0. The van der Waals surface area contributed by atoms with Crippen molar-refractivity contribution in [1.82, 2.24) is 10.9 Å². The molecule has 1 aromatic carbocycles. The zero-order chi connectivity index (χ0) is 16.8. The van der Waals surface area contributed by atoms with Crippen molar-refractivity contribution in [3.63, 3.8) is 0 Å². The van der Waals surface area contributed by atoms with Gasteiger partial charge in [-0.25, -0.2) is 0 Å². The Morgan fingerprint density at radius 3 is 2.70 bits per heavy atom. The van der Waals surface area contributed by atoms with Crippen LogP contribution >= 0.6 is 27.3 Å². The SMILES string of the molecule is CC(C)c1cc(Br)ccc1OCC(=O)NNC(=O)c1cccs1. The molecule has 2 rings (SSSR count). The smallest absolute Gasteiger partial charge is 0.279 e. The van der Waals surface area contributed by atoms with Crippen LogP contribution in [0.1, 0.15) is 35.0 Å². The number of benzene rings is 1. The Hall–Kier alpha value is -1.86. The molecule has 0 bridgehead atoms. The van der Waals surface area contributed by atoms with Crippen LogP contribution < -0.4 is 15.6 Å². The standard InChI is InChI=1S/C16H17BrN2O3S/c1-10(2)12-8-11(17)5-6-13(12)22-9-15(20)18-19-16(21)14-4-3-7-23-14/h3-8,10H,9H2,1-2H3,(H,18,20)(H,19,21). The van der Waals surface area contributed by atoms with Gasteiger partial charge in [0.1, 0.15) is 5.75 Å². The summed E-state index contributed by atoms with van der Waals surface area (Å²) in [5.41, 5.74) is 5.70. The maximum absolute atomic E-state index is 11.8. The molecule has 0 aliphatic rings. The first kappa shape index (κ1) is 17.5. The minimum Gasteiger partial charge on any atom is -0.483 e. The van der Waals surface area contributed by atoms with Gasteiger partial charge in [0.25, 0.3) is 11.8 Å². The monoisotopic (exact) mass is 396 g/mol. The zero-order valence-electron chi connectivity index (χ0n) is 12.8. The lowest BCUT2D eigenvalue weighted by Gasteiger charge is -2.14. The molecule has 2 N–H and O–H groups in total. The highest BCUT2D eigenvalue weighted by molar-refractivity contribution is 9.10. The first-order chi connectivity index (χ1) is 11.0. The maximum atomic E-state index is 11.8. The Morgan fingerprint density at radius 1 is 1.26 bits per heavy atom. The molecule has 0 unspecified atom stereocenters. The number of nitrogens with one attached hydrogen (secondary N) is 2. The summed E-state index contributed by atoms with van der Waals surface area (Å²) in [6.07, 6.45) is 0. The third-order valence-electron chi connectivity index (χ3n) is 3.01. The van der Waals surface area contributed by atoms with Crippen molar-refractivity contribution in [2.24, 2.45) is 0 Å². The second kappa shape index (κ2) is 8.12. The molecule has 122 valence electrons. The van der Waals surface area contributed by atoms with Crippen LogP contribution in [0.3, 0.4) is 0 Å². The second-order valence-corrected chi connectivity index (χ2v) is 6.97. The van der Waals surface area contributed by atoms with E-state index in [1.165, 1.54) is 11.3 Å². The van der Waals surface area contributed by atoms with Crippen molar-refractivity contribution in [3.05, 3.63) is 50.6 Å². The summed E-state index contributed by atoms with van der Waals surface area (Å²) in [6, 6.07) is 9.09. The predicted octanol–water partition coefficient (Wildman–Crippen LogP) is 3.47. The largest absolute Gasteiger partial charge is 0.483 e. The second-order valence-electron chi connectivity index (χ2n) is 5.11. The van der Waals surface area contributed by atoms with E-state index < -0.39 is 5.91 Å². The number of hydrazine groups is 1. The Bertz CT molecular complexity index is 687. The molecule has 5 nitrogen and oxygen atoms in total. The summed E-state index contributed by atoms with van der Waals surface area (Å²) >= 11 is 4.72. The van der Waals surface area contributed by atoms with Crippen LogP contribution in [0.25, 0.3) is 0 Å². The average molecular weight is 397 g/mol. The number of rotatable bonds is 5. The summed E-state index contributed by atoms with van der Waals surface area (Å²) in [6.45, 7) is 3.93. The molecule has 1 aromatic heterocycles. The number of carbonyl (C=O) groups excluding carboxylic acids is 2. The quantitative estimate of drug-likeness (QED) is 0.760. The van der Waals surface area contributed by atoms with E-state index in [-0.39, 0.29) is 18.4 Å². The molecular formula is C16H17BrN2O3S. The number of hydrogen-bond donors (Lipinski definition) is 2. The lowest BCUT2D eigenvalue weighted by Crippen LogP contribution is -2.43. The van der Waals surface area contributed by atoms with Gasteiger partial charge in [0.05, 0.1) is 4.88 Å². The van der Waals surface area contributed by atoms with E-state index in [0.29, 0.717) is 10.6 Å². The molecule has 0 atom stereocenters. The van der Waals surface area contributed by atoms with Crippen molar-refractivity contribution in [2.75, 3.05) is 6.61 Å². The van der Waals surface area contributed by atoms with Gasteiger partial charge in [-0.15, -0.1) is 11.3 Å². The maximum Gasteiger partial charge on any atom is 0.279 e. The highest BCUT2D eigenvalue weighted by atomic mass is 79.9. The third kappa shape index (κ3) is 5.07. The fraction of sp³-hybridized carbons (Fsp3) is 0.250. The van der Waals surface area contributed by atoms with Gasteiger partial charge in [0.2, 0.25) is 0 Å². The summed E-state index contributed by atoms with van der Waals surface area (Å²) in [5, 5.41) is 1.79. The molecule has 1 heterocycles. The zero-order valence-corrected chi connectivity index (χ0v) is 15.2. The highest BCUT2D eigenvalue weighted by Crippen LogP contribution is 2.29. The number of ether oxygens (including phenoxy) is 1. The lowest BCUT2D eigenvalue weighted by molar-refractivity contribution is -0.123. The molecule has 2 amide bonds. The minimum absolute atomic E-state index is 0.175. The summed E-state index contributed by atoms with van der Waals surface area (Å²) in [4.78, 5) is 24.0. The van der Waals surface area contributed by atoms with Crippen LogP contribution in [0.15, 0.2) is 40.2 Å². The molecule has 0 radical (unpaired) electrons. The van der Waals surface area contributed by atoms with Crippen LogP contribution in [0.5, 0.6) is 5.75 Å². The normalized spacial score (nSPS) is 10.4. The fourth-order valence-electron chi connectivity index (χ4n) is 1.88. The Balaban J connectivity index is 1.86. The molecule has 0 aliphatic heterocycles. The summed E-state index contributed by atoms with van der Waals surface area (Å²) in [7, 11) is 0. The number of carbonyl (C=O) groups is 2. The molecule has 0 spiro atoms. The number of halogens is 1. The van der Waals surface area contributed by atoms with Gasteiger partial charge in [-0.05, 0) is 41.1 Å². The molecule has 0 saturated carbocycles. The summed E-state index contributed by atoms with van der Waals surface area (Å²) < 4.78 is 6.52. The molecule has 0 aliphatic carbocycles. The predicted molar refractivity (Wildman–Crippen MR) is 93.7 cm³/mol. The van der Waals surface area contributed by atoms with Crippen molar-refractivity contribution in [3.8, 4) is 5.75 Å². The Kier molecular flexibility index (Phi) is 6.18. The van der Waals surface area contributed by atoms with Crippen LogP contribution in [-0.2, 0) is 4.79 Å². The van der Waals surface area contributed by atoms with E-state index >= 15 is 0 Å².